The fourth-order valence-corrected chi connectivity index (χ4v) is 2.19. The highest BCUT2D eigenvalue weighted by atomic mass is 32.2. The van der Waals surface area contributed by atoms with E-state index in [1.807, 2.05) is 0 Å². The number of rotatable bonds is 8. The van der Waals surface area contributed by atoms with Crippen molar-refractivity contribution in [3.63, 3.8) is 0 Å². The van der Waals surface area contributed by atoms with Crippen LogP contribution in [0, 0.1) is 6.92 Å². The Hall–Kier alpha value is -0.920. The largest absolute Gasteiger partial charge is 0.380 e. The van der Waals surface area contributed by atoms with Crippen LogP contribution in [0.2, 0.25) is 0 Å². The molecule has 98 valence electrons. The van der Waals surface area contributed by atoms with Gasteiger partial charge >= 0.3 is 0 Å². The highest BCUT2D eigenvalue weighted by molar-refractivity contribution is 7.89. The summed E-state index contributed by atoms with van der Waals surface area (Å²) in [6.07, 6.45) is 3.36. The van der Waals surface area contributed by atoms with E-state index < -0.39 is 10.0 Å². The van der Waals surface area contributed by atoms with E-state index in [1.165, 1.54) is 6.20 Å². The highest BCUT2D eigenvalue weighted by Gasteiger charge is 2.15. The SMILES string of the molecule is CCCCOCCNS(=O)(=O)c1cnc(C)[nH]1. The lowest BCUT2D eigenvalue weighted by Crippen LogP contribution is -2.27. The van der Waals surface area contributed by atoms with E-state index in [-0.39, 0.29) is 11.6 Å². The molecule has 0 saturated carbocycles. The molecule has 0 aromatic carbocycles. The Morgan fingerprint density at radius 2 is 2.24 bits per heavy atom. The first-order valence-corrected chi connectivity index (χ1v) is 7.13. The third-order valence-corrected chi connectivity index (χ3v) is 3.52. The molecule has 0 amide bonds. The summed E-state index contributed by atoms with van der Waals surface area (Å²) < 4.78 is 31.1. The third kappa shape index (κ3) is 4.84. The fraction of sp³-hybridized carbons (Fsp3) is 0.700. The molecule has 2 N–H and O–H groups in total. The van der Waals surface area contributed by atoms with Crippen molar-refractivity contribution in [3.05, 3.63) is 12.0 Å². The summed E-state index contributed by atoms with van der Waals surface area (Å²) in [5, 5.41) is 0.0866. The first-order chi connectivity index (χ1) is 8.06. The number of unbranched alkanes of at least 4 members (excludes halogenated alkanes) is 1. The number of hydrogen-bond acceptors (Lipinski definition) is 4. The Labute approximate surface area is 102 Å². The maximum absolute atomic E-state index is 11.7. The summed E-state index contributed by atoms with van der Waals surface area (Å²) in [7, 11) is -3.48. The van der Waals surface area contributed by atoms with Crippen molar-refractivity contribution in [1.82, 2.24) is 14.7 Å². The molecular weight excluding hydrogens is 242 g/mol. The van der Waals surface area contributed by atoms with E-state index >= 15 is 0 Å². The zero-order chi connectivity index (χ0) is 12.7. The summed E-state index contributed by atoms with van der Waals surface area (Å²) in [5.74, 6) is 0.574. The highest BCUT2D eigenvalue weighted by Crippen LogP contribution is 2.03. The summed E-state index contributed by atoms with van der Waals surface area (Å²) >= 11 is 0. The second-order valence-corrected chi connectivity index (χ2v) is 5.43. The fourth-order valence-electron chi connectivity index (χ4n) is 1.21. The lowest BCUT2D eigenvalue weighted by Gasteiger charge is -2.05. The molecule has 0 aliphatic heterocycles. The van der Waals surface area contributed by atoms with Crippen molar-refractivity contribution in [2.24, 2.45) is 0 Å². The number of nitrogens with one attached hydrogen (secondary N) is 2. The lowest BCUT2D eigenvalue weighted by molar-refractivity contribution is 0.136. The van der Waals surface area contributed by atoms with Gasteiger partial charge in [0.25, 0.3) is 10.0 Å². The van der Waals surface area contributed by atoms with Gasteiger partial charge in [0.05, 0.1) is 12.8 Å². The van der Waals surface area contributed by atoms with E-state index in [2.05, 4.69) is 21.6 Å². The van der Waals surface area contributed by atoms with Crippen LogP contribution in [-0.4, -0.2) is 38.1 Å². The van der Waals surface area contributed by atoms with Crippen LogP contribution in [0.3, 0.4) is 0 Å². The molecule has 1 aromatic rings. The molecule has 0 aliphatic carbocycles. The number of aromatic amines is 1. The molecule has 17 heavy (non-hydrogen) atoms. The van der Waals surface area contributed by atoms with Gasteiger partial charge in [0.1, 0.15) is 5.82 Å². The molecule has 0 bridgehead atoms. The minimum Gasteiger partial charge on any atom is -0.380 e. The standard InChI is InChI=1S/C10H19N3O3S/c1-3-4-6-16-7-5-12-17(14,15)10-8-11-9(2)13-10/h8,12H,3-7H2,1-2H3,(H,11,13). The minimum absolute atomic E-state index is 0.0866. The van der Waals surface area contributed by atoms with E-state index in [0.29, 0.717) is 19.0 Å². The van der Waals surface area contributed by atoms with Gasteiger partial charge in [-0.2, -0.15) is 0 Å². The maximum atomic E-state index is 11.7. The van der Waals surface area contributed by atoms with E-state index in [0.717, 1.165) is 12.8 Å². The summed E-state index contributed by atoms with van der Waals surface area (Å²) in [5.41, 5.74) is 0. The van der Waals surface area contributed by atoms with Crippen molar-refractivity contribution < 1.29 is 13.2 Å². The number of aromatic nitrogens is 2. The average Bonchev–Trinajstić information content (AvgIpc) is 2.71. The second kappa shape index (κ2) is 6.73. The number of sulfonamides is 1. The molecule has 0 atom stereocenters. The van der Waals surface area contributed by atoms with Gasteiger partial charge in [0.15, 0.2) is 5.03 Å². The zero-order valence-corrected chi connectivity index (χ0v) is 11.0. The van der Waals surface area contributed by atoms with Crippen molar-refractivity contribution in [1.29, 1.82) is 0 Å². The predicted molar refractivity (Wildman–Crippen MR) is 64.2 cm³/mol. The van der Waals surface area contributed by atoms with Gasteiger partial charge in [-0.3, -0.25) is 0 Å². The molecule has 7 heteroatoms. The van der Waals surface area contributed by atoms with Crippen molar-refractivity contribution in [3.8, 4) is 0 Å². The number of imidazole rings is 1. The van der Waals surface area contributed by atoms with Crippen LogP contribution in [0.15, 0.2) is 11.2 Å². The minimum atomic E-state index is -3.48. The first kappa shape index (κ1) is 14.1. The van der Waals surface area contributed by atoms with Gasteiger partial charge in [0.2, 0.25) is 0 Å². The van der Waals surface area contributed by atoms with Gasteiger partial charge in [-0.05, 0) is 13.3 Å². The topological polar surface area (TPSA) is 84.1 Å². The van der Waals surface area contributed by atoms with Crippen LogP contribution in [0.4, 0.5) is 0 Å². The molecule has 0 unspecified atom stereocenters. The Balaban J connectivity index is 2.31. The lowest BCUT2D eigenvalue weighted by atomic mass is 10.4. The van der Waals surface area contributed by atoms with Gasteiger partial charge in [-0.15, -0.1) is 0 Å². The number of H-pyrrole nitrogens is 1. The quantitative estimate of drug-likeness (QED) is 0.678. The van der Waals surface area contributed by atoms with Gasteiger partial charge < -0.3 is 9.72 Å². The molecule has 1 heterocycles. The van der Waals surface area contributed by atoms with Crippen LogP contribution >= 0.6 is 0 Å². The molecule has 0 spiro atoms. The number of aryl methyl sites for hydroxylation is 1. The van der Waals surface area contributed by atoms with E-state index in [1.54, 1.807) is 6.92 Å². The smallest absolute Gasteiger partial charge is 0.257 e. The summed E-state index contributed by atoms with van der Waals surface area (Å²) in [4.78, 5) is 6.52. The number of nitrogens with zero attached hydrogens (tertiary/aromatic N) is 1. The Kier molecular flexibility index (Phi) is 5.60. The predicted octanol–water partition coefficient (Wildman–Crippen LogP) is 0.813. The van der Waals surface area contributed by atoms with Crippen LogP contribution in [0.1, 0.15) is 25.6 Å². The Bertz CT molecular complexity index is 428. The van der Waals surface area contributed by atoms with Crippen molar-refractivity contribution >= 4 is 10.0 Å². The molecule has 0 aliphatic rings. The van der Waals surface area contributed by atoms with Crippen LogP contribution < -0.4 is 4.72 Å². The van der Waals surface area contributed by atoms with E-state index in [9.17, 15) is 8.42 Å². The summed E-state index contributed by atoms with van der Waals surface area (Å²) in [6, 6.07) is 0. The zero-order valence-electron chi connectivity index (χ0n) is 10.2. The Morgan fingerprint density at radius 3 is 2.82 bits per heavy atom. The normalized spacial score (nSPS) is 11.9. The van der Waals surface area contributed by atoms with E-state index in [4.69, 9.17) is 4.74 Å². The van der Waals surface area contributed by atoms with Crippen molar-refractivity contribution in [2.75, 3.05) is 19.8 Å². The summed E-state index contributed by atoms with van der Waals surface area (Å²) in [6.45, 7) is 5.09. The second-order valence-electron chi connectivity index (χ2n) is 3.70. The number of ether oxygens (including phenoxy) is 1. The molecule has 1 rings (SSSR count). The number of hydrogen-bond donors (Lipinski definition) is 2. The van der Waals surface area contributed by atoms with Crippen LogP contribution in [-0.2, 0) is 14.8 Å². The molecule has 6 nitrogen and oxygen atoms in total. The first-order valence-electron chi connectivity index (χ1n) is 5.65. The van der Waals surface area contributed by atoms with Gasteiger partial charge in [-0.25, -0.2) is 18.1 Å². The van der Waals surface area contributed by atoms with Gasteiger partial charge in [0, 0.05) is 13.2 Å². The van der Waals surface area contributed by atoms with Crippen LogP contribution in [0.25, 0.3) is 0 Å². The van der Waals surface area contributed by atoms with Gasteiger partial charge in [-0.1, -0.05) is 13.3 Å². The molecule has 0 saturated heterocycles. The molecular formula is C10H19N3O3S. The van der Waals surface area contributed by atoms with Crippen molar-refractivity contribution in [2.45, 2.75) is 31.7 Å². The van der Waals surface area contributed by atoms with Crippen LogP contribution in [0.5, 0.6) is 0 Å². The molecule has 1 aromatic heterocycles. The average molecular weight is 261 g/mol. The Morgan fingerprint density at radius 1 is 1.47 bits per heavy atom. The monoisotopic (exact) mass is 261 g/mol. The third-order valence-electron chi connectivity index (χ3n) is 2.15. The molecule has 0 fully saturated rings. The molecule has 0 radical (unpaired) electrons. The maximum Gasteiger partial charge on any atom is 0.257 e.